The molecule has 1 atom stereocenters. The second-order valence-corrected chi connectivity index (χ2v) is 5.68. The molecule has 0 aromatic heterocycles. The number of hydrogen-bond acceptors (Lipinski definition) is 3. The summed E-state index contributed by atoms with van der Waals surface area (Å²) in [4.78, 5) is 0. The highest BCUT2D eigenvalue weighted by atomic mass is 16.5. The van der Waals surface area contributed by atoms with E-state index in [1.807, 2.05) is 18.2 Å². The SMILES string of the molecule is COc1ccc2c(c1)C1(CCCc3ccccc31)OC2=N. The summed E-state index contributed by atoms with van der Waals surface area (Å²) < 4.78 is 11.5. The lowest BCUT2D eigenvalue weighted by molar-refractivity contribution is 0.0906. The zero-order chi connectivity index (χ0) is 14.4. The first-order chi connectivity index (χ1) is 10.2. The van der Waals surface area contributed by atoms with Crippen molar-refractivity contribution in [3.8, 4) is 5.75 Å². The van der Waals surface area contributed by atoms with E-state index in [0.29, 0.717) is 0 Å². The number of methoxy groups -OCH3 is 1. The average Bonchev–Trinajstić information content (AvgIpc) is 2.80. The number of nitrogens with one attached hydrogen (secondary N) is 1. The summed E-state index contributed by atoms with van der Waals surface area (Å²) in [5, 5.41) is 8.20. The van der Waals surface area contributed by atoms with Crippen molar-refractivity contribution in [2.75, 3.05) is 7.11 Å². The van der Waals surface area contributed by atoms with Gasteiger partial charge in [-0.15, -0.1) is 0 Å². The van der Waals surface area contributed by atoms with Crippen LogP contribution in [0.15, 0.2) is 42.5 Å². The van der Waals surface area contributed by atoms with E-state index in [2.05, 4.69) is 24.3 Å². The van der Waals surface area contributed by atoms with Crippen molar-refractivity contribution in [1.29, 1.82) is 5.41 Å². The van der Waals surface area contributed by atoms with E-state index in [0.717, 1.165) is 36.1 Å². The van der Waals surface area contributed by atoms with E-state index < -0.39 is 5.60 Å². The Balaban J connectivity index is 1.98. The predicted molar refractivity (Wildman–Crippen MR) is 81.1 cm³/mol. The molecule has 2 aliphatic rings. The Morgan fingerprint density at radius 2 is 2.00 bits per heavy atom. The quantitative estimate of drug-likeness (QED) is 0.866. The summed E-state index contributed by atoms with van der Waals surface area (Å²) in [5.74, 6) is 1.08. The van der Waals surface area contributed by atoms with Gasteiger partial charge in [0.05, 0.1) is 7.11 Å². The van der Waals surface area contributed by atoms with E-state index in [4.69, 9.17) is 14.9 Å². The number of fused-ring (bicyclic) bond motifs is 4. The molecule has 3 nitrogen and oxygen atoms in total. The first-order valence-electron chi connectivity index (χ1n) is 7.29. The lowest BCUT2D eigenvalue weighted by atomic mass is 9.75. The number of benzene rings is 2. The fraction of sp³-hybridized carbons (Fsp3) is 0.278. The fourth-order valence-corrected chi connectivity index (χ4v) is 3.65. The van der Waals surface area contributed by atoms with Gasteiger partial charge < -0.3 is 9.47 Å². The highest BCUT2D eigenvalue weighted by Gasteiger charge is 2.47. The number of aryl methyl sites for hydroxylation is 1. The molecular weight excluding hydrogens is 262 g/mol. The van der Waals surface area contributed by atoms with Crippen molar-refractivity contribution < 1.29 is 9.47 Å². The average molecular weight is 279 g/mol. The van der Waals surface area contributed by atoms with Crippen molar-refractivity contribution in [2.45, 2.75) is 24.9 Å². The van der Waals surface area contributed by atoms with Gasteiger partial charge in [0, 0.05) is 16.7 Å². The lowest BCUT2D eigenvalue weighted by Gasteiger charge is -2.35. The van der Waals surface area contributed by atoms with E-state index >= 15 is 0 Å². The third-order valence-electron chi connectivity index (χ3n) is 4.61. The van der Waals surface area contributed by atoms with Gasteiger partial charge in [0.25, 0.3) is 0 Å². The van der Waals surface area contributed by atoms with Gasteiger partial charge in [0.15, 0.2) is 5.60 Å². The fourth-order valence-electron chi connectivity index (χ4n) is 3.65. The molecular formula is C18H17NO2. The molecule has 1 aliphatic heterocycles. The smallest absolute Gasteiger partial charge is 0.214 e. The van der Waals surface area contributed by atoms with Crippen LogP contribution in [0.1, 0.15) is 35.1 Å². The first-order valence-corrected chi connectivity index (χ1v) is 7.29. The predicted octanol–water partition coefficient (Wildman–Crippen LogP) is 3.63. The van der Waals surface area contributed by atoms with E-state index in [1.165, 1.54) is 11.1 Å². The summed E-state index contributed by atoms with van der Waals surface area (Å²) >= 11 is 0. The van der Waals surface area contributed by atoms with E-state index in [-0.39, 0.29) is 5.90 Å². The topological polar surface area (TPSA) is 42.3 Å². The maximum Gasteiger partial charge on any atom is 0.214 e. The van der Waals surface area contributed by atoms with Gasteiger partial charge in [-0.3, -0.25) is 5.41 Å². The van der Waals surface area contributed by atoms with Crippen LogP contribution in [-0.2, 0) is 16.8 Å². The molecule has 2 aromatic carbocycles. The molecule has 0 saturated carbocycles. The molecule has 1 unspecified atom stereocenters. The molecule has 4 rings (SSSR count). The Bertz CT molecular complexity index is 738. The molecule has 1 spiro atoms. The van der Waals surface area contributed by atoms with Crippen molar-refractivity contribution in [3.63, 3.8) is 0 Å². The molecule has 1 heterocycles. The molecule has 0 amide bonds. The van der Waals surface area contributed by atoms with Gasteiger partial charge >= 0.3 is 0 Å². The van der Waals surface area contributed by atoms with Crippen LogP contribution in [0.25, 0.3) is 0 Å². The summed E-state index contributed by atoms with van der Waals surface area (Å²) in [7, 11) is 1.67. The maximum atomic E-state index is 8.20. The Morgan fingerprint density at radius 3 is 2.86 bits per heavy atom. The summed E-state index contributed by atoms with van der Waals surface area (Å²) in [6.45, 7) is 0. The zero-order valence-corrected chi connectivity index (χ0v) is 12.0. The van der Waals surface area contributed by atoms with Gasteiger partial charge in [0.2, 0.25) is 5.90 Å². The van der Waals surface area contributed by atoms with Gasteiger partial charge in [-0.2, -0.15) is 0 Å². The summed E-state index contributed by atoms with van der Waals surface area (Å²) in [6, 6.07) is 14.3. The monoisotopic (exact) mass is 279 g/mol. The third-order valence-corrected chi connectivity index (χ3v) is 4.61. The molecule has 0 bridgehead atoms. The zero-order valence-electron chi connectivity index (χ0n) is 12.0. The second-order valence-electron chi connectivity index (χ2n) is 5.68. The van der Waals surface area contributed by atoms with E-state index in [9.17, 15) is 0 Å². The van der Waals surface area contributed by atoms with Crippen LogP contribution in [-0.4, -0.2) is 13.0 Å². The van der Waals surface area contributed by atoms with E-state index in [1.54, 1.807) is 7.11 Å². The minimum atomic E-state index is -0.504. The highest BCUT2D eigenvalue weighted by molar-refractivity contribution is 5.97. The van der Waals surface area contributed by atoms with Crippen molar-refractivity contribution in [2.24, 2.45) is 0 Å². The number of rotatable bonds is 1. The Kier molecular flexibility index (Phi) is 2.58. The standard InChI is InChI=1S/C18H17NO2/c1-20-13-8-9-14-16(11-13)18(21-17(14)19)10-4-6-12-5-2-3-7-15(12)18/h2-3,5,7-9,11,19H,4,6,10H2,1H3. The van der Waals surface area contributed by atoms with Crippen molar-refractivity contribution >= 4 is 5.90 Å². The van der Waals surface area contributed by atoms with Crippen molar-refractivity contribution in [1.82, 2.24) is 0 Å². The molecule has 106 valence electrons. The van der Waals surface area contributed by atoms with Crippen LogP contribution in [0.5, 0.6) is 5.75 Å². The Labute approximate surface area is 124 Å². The summed E-state index contributed by atoms with van der Waals surface area (Å²) in [5.41, 5.74) is 3.97. The number of hydrogen-bond donors (Lipinski definition) is 1. The molecule has 1 N–H and O–H groups in total. The van der Waals surface area contributed by atoms with Crippen LogP contribution in [0, 0.1) is 5.41 Å². The number of ether oxygens (including phenoxy) is 2. The third kappa shape index (κ3) is 1.63. The van der Waals surface area contributed by atoms with Gasteiger partial charge in [-0.05, 0) is 43.0 Å². The largest absolute Gasteiger partial charge is 0.497 e. The second kappa shape index (κ2) is 4.35. The van der Waals surface area contributed by atoms with Crippen LogP contribution < -0.4 is 4.74 Å². The first kappa shape index (κ1) is 12.5. The lowest BCUT2D eigenvalue weighted by Crippen LogP contribution is -2.32. The molecule has 2 aromatic rings. The molecule has 0 radical (unpaired) electrons. The molecule has 0 saturated heterocycles. The molecule has 3 heteroatoms. The maximum absolute atomic E-state index is 8.20. The van der Waals surface area contributed by atoms with Crippen molar-refractivity contribution in [3.05, 3.63) is 64.7 Å². The van der Waals surface area contributed by atoms with Crippen LogP contribution >= 0.6 is 0 Å². The van der Waals surface area contributed by atoms with Crippen LogP contribution in [0.4, 0.5) is 0 Å². The van der Waals surface area contributed by atoms with Gasteiger partial charge in [-0.1, -0.05) is 24.3 Å². The Morgan fingerprint density at radius 1 is 1.14 bits per heavy atom. The van der Waals surface area contributed by atoms with Gasteiger partial charge in [-0.25, -0.2) is 0 Å². The Hall–Kier alpha value is -2.29. The minimum absolute atomic E-state index is 0.268. The van der Waals surface area contributed by atoms with Crippen LogP contribution in [0.2, 0.25) is 0 Å². The van der Waals surface area contributed by atoms with Crippen LogP contribution in [0.3, 0.4) is 0 Å². The normalized spacial score (nSPS) is 22.6. The molecule has 1 aliphatic carbocycles. The molecule has 21 heavy (non-hydrogen) atoms. The highest BCUT2D eigenvalue weighted by Crippen LogP contribution is 2.49. The summed E-state index contributed by atoms with van der Waals surface area (Å²) in [6.07, 6.45) is 3.06. The minimum Gasteiger partial charge on any atom is -0.497 e. The molecule has 0 fully saturated rings. The van der Waals surface area contributed by atoms with Gasteiger partial charge in [0.1, 0.15) is 5.75 Å².